The van der Waals surface area contributed by atoms with E-state index in [0.29, 0.717) is 11.5 Å². The number of hydrogen-bond donors (Lipinski definition) is 2. The van der Waals surface area contributed by atoms with Gasteiger partial charge in [0.25, 0.3) is 0 Å². The number of amides is 2. The smallest absolute Gasteiger partial charge is 0.354 e. The van der Waals surface area contributed by atoms with Gasteiger partial charge in [-0.2, -0.15) is 0 Å². The zero-order chi connectivity index (χ0) is 19.7. The molecule has 0 spiro atoms. The number of nitrogens with one attached hydrogen (secondary N) is 1. The summed E-state index contributed by atoms with van der Waals surface area (Å²) < 4.78 is 21.7. The quantitative estimate of drug-likeness (QED) is 0.820. The van der Waals surface area contributed by atoms with Gasteiger partial charge in [0.15, 0.2) is 0 Å². The van der Waals surface area contributed by atoms with Crippen molar-refractivity contribution in [1.82, 2.24) is 0 Å². The molecule has 0 heterocycles. The van der Waals surface area contributed by atoms with Crippen LogP contribution in [-0.4, -0.2) is 17.3 Å². The number of aryl methyl sites for hydroxylation is 2. The highest BCUT2D eigenvalue weighted by molar-refractivity contribution is 7.91. The van der Waals surface area contributed by atoms with Gasteiger partial charge in [-0.15, -0.1) is 4.36 Å². The Balaban J connectivity index is 1.62. The summed E-state index contributed by atoms with van der Waals surface area (Å²) in [4.78, 5) is 12.9. The Morgan fingerprint density at radius 3 is 2.29 bits per heavy atom. The van der Waals surface area contributed by atoms with Crippen LogP contribution in [0.4, 0.5) is 10.5 Å². The molecule has 0 bridgehead atoms. The average molecular weight is 400 g/mol. The van der Waals surface area contributed by atoms with Gasteiger partial charge in [-0.1, -0.05) is 18.2 Å². The second-order valence-corrected chi connectivity index (χ2v) is 9.19. The molecule has 6 nitrogen and oxygen atoms in total. The number of benzene rings is 2. The van der Waals surface area contributed by atoms with Gasteiger partial charge in [-0.3, -0.25) is 0 Å². The third kappa shape index (κ3) is 3.70. The minimum atomic E-state index is -3.32. The van der Waals surface area contributed by atoms with Gasteiger partial charge in [0.2, 0.25) is 0 Å². The first-order valence-corrected chi connectivity index (χ1v) is 11.2. The lowest BCUT2D eigenvalue weighted by Crippen LogP contribution is -2.19. The Kier molecular flexibility index (Phi) is 5.23. The van der Waals surface area contributed by atoms with E-state index >= 15 is 0 Å². The van der Waals surface area contributed by atoms with Gasteiger partial charge in [0, 0.05) is 12.8 Å². The Labute approximate surface area is 165 Å². The summed E-state index contributed by atoms with van der Waals surface area (Å²) >= 11 is 0. The van der Waals surface area contributed by atoms with Crippen molar-refractivity contribution in [2.75, 3.05) is 12.4 Å². The largest absolute Gasteiger partial charge is 0.380 e. The number of anilines is 1. The predicted octanol–water partition coefficient (Wildman–Crippen LogP) is 3.74. The normalized spacial score (nSPS) is 16.9. The average Bonchev–Trinajstić information content (AvgIpc) is 3.31. The minimum absolute atomic E-state index is 0.325. The standard InChI is InChI=1S/C21H25N3O3S/c1-27-13-14-8-10-17(11-9-14)28(22,26)24-21(25)23-20-18-6-2-4-15(18)12-16-5-3-7-19(16)20/h8-12H,2-7,13H2,1H3,(H3,22,23,24,25,26). The van der Waals surface area contributed by atoms with Gasteiger partial charge in [0.1, 0.15) is 9.92 Å². The maximum atomic E-state index is 12.8. The van der Waals surface area contributed by atoms with E-state index in [-0.39, 0.29) is 0 Å². The first kappa shape index (κ1) is 19.1. The first-order valence-electron chi connectivity index (χ1n) is 9.58. The molecule has 0 fully saturated rings. The number of urea groups is 1. The van der Waals surface area contributed by atoms with Gasteiger partial charge in [0.05, 0.1) is 11.5 Å². The topological polar surface area (TPSA) is 93.8 Å². The molecule has 4 rings (SSSR count). The molecule has 0 saturated carbocycles. The second kappa shape index (κ2) is 7.66. The number of nitrogens with zero attached hydrogens (tertiary/aromatic N) is 1. The van der Waals surface area contributed by atoms with Crippen LogP contribution in [0.15, 0.2) is 39.6 Å². The third-order valence-electron chi connectivity index (χ3n) is 5.50. The molecule has 2 aliphatic rings. The van der Waals surface area contributed by atoms with Crippen LogP contribution in [0.1, 0.15) is 40.7 Å². The highest BCUT2D eigenvalue weighted by Crippen LogP contribution is 2.38. The zero-order valence-corrected chi connectivity index (χ0v) is 16.8. The maximum Gasteiger partial charge on any atom is 0.354 e. The zero-order valence-electron chi connectivity index (χ0n) is 16.0. The lowest BCUT2D eigenvalue weighted by Gasteiger charge is -2.15. The van der Waals surface area contributed by atoms with E-state index in [9.17, 15) is 9.00 Å². The lowest BCUT2D eigenvalue weighted by molar-refractivity contribution is 0.185. The highest BCUT2D eigenvalue weighted by atomic mass is 32.2. The molecule has 1 atom stereocenters. The summed E-state index contributed by atoms with van der Waals surface area (Å²) in [6, 6.07) is 8.45. The molecule has 2 aromatic rings. The van der Waals surface area contributed by atoms with Crippen molar-refractivity contribution >= 4 is 21.6 Å². The SMILES string of the molecule is COCc1ccc(S(N)(=O)=NC(=O)Nc2c3c(cc4c2CCC4)CCC3)cc1. The fourth-order valence-corrected chi connectivity index (χ4v) is 5.14. The molecular formula is C21H25N3O3S. The van der Waals surface area contributed by atoms with Crippen LogP contribution in [0.5, 0.6) is 0 Å². The van der Waals surface area contributed by atoms with Crippen molar-refractivity contribution in [1.29, 1.82) is 0 Å². The summed E-state index contributed by atoms with van der Waals surface area (Å²) in [7, 11) is -1.71. The van der Waals surface area contributed by atoms with Gasteiger partial charge in [-0.25, -0.2) is 14.1 Å². The summed E-state index contributed by atoms with van der Waals surface area (Å²) in [5.41, 5.74) is 6.85. The predicted molar refractivity (Wildman–Crippen MR) is 110 cm³/mol. The van der Waals surface area contributed by atoms with Crippen LogP contribution in [0.3, 0.4) is 0 Å². The summed E-state index contributed by atoms with van der Waals surface area (Å²) in [5, 5.41) is 8.83. The van der Waals surface area contributed by atoms with E-state index in [1.807, 2.05) is 0 Å². The van der Waals surface area contributed by atoms with E-state index in [2.05, 4.69) is 15.7 Å². The molecule has 0 radical (unpaired) electrons. The molecule has 0 aliphatic heterocycles. The fourth-order valence-electron chi connectivity index (χ4n) is 4.22. The molecule has 2 amide bonds. The van der Waals surface area contributed by atoms with Crippen LogP contribution in [0.2, 0.25) is 0 Å². The van der Waals surface area contributed by atoms with E-state index in [4.69, 9.17) is 9.88 Å². The Bertz CT molecular complexity index is 1010. The van der Waals surface area contributed by atoms with E-state index in [1.165, 1.54) is 22.3 Å². The highest BCUT2D eigenvalue weighted by Gasteiger charge is 2.25. The number of hydrogen-bond acceptors (Lipinski definition) is 3. The number of ether oxygens (including phenoxy) is 1. The Morgan fingerprint density at radius 2 is 1.71 bits per heavy atom. The summed E-state index contributed by atoms with van der Waals surface area (Å²) in [5.74, 6) is 0. The van der Waals surface area contributed by atoms with Gasteiger partial charge in [-0.05, 0) is 78.5 Å². The summed E-state index contributed by atoms with van der Waals surface area (Å²) in [6.07, 6.45) is 6.20. The van der Waals surface area contributed by atoms with Crippen LogP contribution < -0.4 is 10.5 Å². The minimum Gasteiger partial charge on any atom is -0.380 e. The van der Waals surface area contributed by atoms with Crippen molar-refractivity contribution < 1.29 is 13.7 Å². The molecule has 7 heteroatoms. The molecule has 148 valence electrons. The van der Waals surface area contributed by atoms with E-state index in [1.54, 1.807) is 31.4 Å². The fraction of sp³-hybridized carbons (Fsp3) is 0.381. The lowest BCUT2D eigenvalue weighted by atomic mass is 9.99. The second-order valence-electron chi connectivity index (χ2n) is 7.40. The van der Waals surface area contributed by atoms with Crippen molar-refractivity contribution in [2.24, 2.45) is 9.50 Å². The molecule has 28 heavy (non-hydrogen) atoms. The van der Waals surface area contributed by atoms with E-state index < -0.39 is 15.9 Å². The summed E-state index contributed by atoms with van der Waals surface area (Å²) in [6.45, 7) is 0.452. The van der Waals surface area contributed by atoms with E-state index in [0.717, 1.165) is 49.8 Å². The number of carbonyl (C=O) groups excluding carboxylic acids is 1. The van der Waals surface area contributed by atoms with Crippen molar-refractivity contribution in [3.63, 3.8) is 0 Å². The molecule has 3 N–H and O–H groups in total. The monoisotopic (exact) mass is 399 g/mol. The van der Waals surface area contributed by atoms with Crippen LogP contribution in [0, 0.1) is 0 Å². The molecular weight excluding hydrogens is 374 g/mol. The third-order valence-corrected chi connectivity index (χ3v) is 6.88. The van der Waals surface area contributed by atoms with Crippen molar-refractivity contribution in [2.45, 2.75) is 50.0 Å². The van der Waals surface area contributed by atoms with Crippen molar-refractivity contribution in [3.05, 3.63) is 58.1 Å². The van der Waals surface area contributed by atoms with Crippen molar-refractivity contribution in [3.8, 4) is 0 Å². The number of nitrogens with two attached hydrogens (primary N) is 1. The number of rotatable bonds is 4. The molecule has 0 saturated heterocycles. The Hall–Kier alpha value is -2.22. The van der Waals surface area contributed by atoms with Crippen LogP contribution in [0.25, 0.3) is 0 Å². The van der Waals surface area contributed by atoms with Gasteiger partial charge >= 0.3 is 6.03 Å². The van der Waals surface area contributed by atoms with Crippen LogP contribution >= 0.6 is 0 Å². The first-order chi connectivity index (χ1) is 13.5. The molecule has 0 aromatic heterocycles. The number of fused-ring (bicyclic) bond motifs is 2. The molecule has 1 unspecified atom stereocenters. The Morgan fingerprint density at radius 1 is 1.11 bits per heavy atom. The maximum absolute atomic E-state index is 12.8. The molecule has 2 aliphatic carbocycles. The number of methoxy groups -OCH3 is 1. The molecule has 2 aromatic carbocycles. The number of carbonyl (C=O) groups is 1. The van der Waals surface area contributed by atoms with Crippen LogP contribution in [-0.2, 0) is 46.9 Å². The van der Waals surface area contributed by atoms with Gasteiger partial charge < -0.3 is 10.1 Å².